The molecule has 0 spiro atoms. The van der Waals surface area contributed by atoms with E-state index >= 15 is 0 Å². The summed E-state index contributed by atoms with van der Waals surface area (Å²) in [6, 6.07) is 0. The Hall–Kier alpha value is -0.400. The van der Waals surface area contributed by atoms with Crippen molar-refractivity contribution < 1.29 is 43.0 Å². The molecule has 0 aromatic rings. The molecule has 0 aromatic heterocycles. The normalized spacial score (nSPS) is 12.5. The third-order valence-electron chi connectivity index (χ3n) is 6.52. The lowest BCUT2D eigenvalue weighted by Crippen LogP contribution is -2.27. The first-order valence-electron chi connectivity index (χ1n) is 16.6. The van der Waals surface area contributed by atoms with Crippen molar-refractivity contribution in [1.82, 2.24) is 4.90 Å². The SMILES string of the molecule is CCCCCCCCCCCCOC(CCN(C)C)COCCOCCOCCOCCOCCOCCOCCO. The van der Waals surface area contributed by atoms with Crippen LogP contribution >= 0.6 is 0 Å². The Bertz CT molecular complexity index is 489. The second-order valence-electron chi connectivity index (χ2n) is 10.7. The number of rotatable bonds is 37. The van der Waals surface area contributed by atoms with Crippen molar-refractivity contribution in [2.24, 2.45) is 0 Å². The molecule has 0 aromatic carbocycles. The van der Waals surface area contributed by atoms with Crippen molar-refractivity contribution in [1.29, 1.82) is 0 Å². The molecule has 0 heterocycles. The van der Waals surface area contributed by atoms with E-state index in [1.165, 1.54) is 57.8 Å². The molecule has 1 unspecified atom stereocenters. The van der Waals surface area contributed by atoms with Crippen LogP contribution in [0.5, 0.6) is 0 Å². The van der Waals surface area contributed by atoms with Crippen LogP contribution in [-0.2, 0) is 37.9 Å². The van der Waals surface area contributed by atoms with Gasteiger partial charge in [0.2, 0.25) is 0 Å². The number of hydrogen-bond acceptors (Lipinski definition) is 10. The molecule has 42 heavy (non-hydrogen) atoms. The quantitative estimate of drug-likeness (QED) is 0.102. The summed E-state index contributed by atoms with van der Waals surface area (Å²) in [4.78, 5) is 2.19. The average Bonchev–Trinajstić information content (AvgIpc) is 2.98. The fraction of sp³-hybridized carbons (Fsp3) is 1.00. The molecule has 0 saturated carbocycles. The van der Waals surface area contributed by atoms with Crippen LogP contribution in [0.25, 0.3) is 0 Å². The molecule has 0 aliphatic rings. The molecule has 10 heteroatoms. The lowest BCUT2D eigenvalue weighted by atomic mass is 10.1. The summed E-state index contributed by atoms with van der Waals surface area (Å²) in [5.41, 5.74) is 0. The topological polar surface area (TPSA) is 97.3 Å². The van der Waals surface area contributed by atoms with Crippen molar-refractivity contribution in [3.05, 3.63) is 0 Å². The van der Waals surface area contributed by atoms with Gasteiger partial charge < -0.3 is 47.9 Å². The van der Waals surface area contributed by atoms with Crippen LogP contribution in [0.15, 0.2) is 0 Å². The van der Waals surface area contributed by atoms with Crippen LogP contribution in [-0.4, -0.2) is 142 Å². The van der Waals surface area contributed by atoms with Gasteiger partial charge in [0, 0.05) is 13.2 Å². The highest BCUT2D eigenvalue weighted by molar-refractivity contribution is 4.60. The first-order valence-corrected chi connectivity index (χ1v) is 16.6. The molecule has 0 aliphatic carbocycles. The summed E-state index contributed by atoms with van der Waals surface area (Å²) < 4.78 is 44.5. The molecule has 10 nitrogen and oxygen atoms in total. The fourth-order valence-electron chi connectivity index (χ4n) is 4.06. The minimum absolute atomic E-state index is 0.0334. The lowest BCUT2D eigenvalue weighted by Gasteiger charge is -2.20. The van der Waals surface area contributed by atoms with Gasteiger partial charge in [-0.2, -0.15) is 0 Å². The number of unbranched alkanes of at least 4 members (excludes halogenated alkanes) is 9. The third kappa shape index (κ3) is 35.8. The van der Waals surface area contributed by atoms with Gasteiger partial charge in [0.25, 0.3) is 0 Å². The summed E-state index contributed by atoms with van der Waals surface area (Å²) in [6.45, 7) is 11.4. The van der Waals surface area contributed by atoms with Crippen LogP contribution in [0.2, 0.25) is 0 Å². The predicted octanol–water partition coefficient (Wildman–Crippen LogP) is 4.35. The number of ether oxygens (including phenoxy) is 8. The van der Waals surface area contributed by atoms with Crippen LogP contribution in [0.4, 0.5) is 0 Å². The van der Waals surface area contributed by atoms with Crippen molar-refractivity contribution in [2.75, 3.05) is 126 Å². The first-order chi connectivity index (χ1) is 20.7. The van der Waals surface area contributed by atoms with E-state index in [1.54, 1.807) is 0 Å². The largest absolute Gasteiger partial charge is 0.394 e. The summed E-state index contributed by atoms with van der Waals surface area (Å²) in [5.74, 6) is 0. The Balaban J connectivity index is 3.48. The second-order valence-corrected chi connectivity index (χ2v) is 10.7. The fourth-order valence-corrected chi connectivity index (χ4v) is 4.06. The molecule has 254 valence electrons. The molecule has 0 amide bonds. The van der Waals surface area contributed by atoms with E-state index in [9.17, 15) is 0 Å². The Morgan fingerprint density at radius 3 is 1.26 bits per heavy atom. The zero-order valence-corrected chi connectivity index (χ0v) is 27.5. The molecule has 0 rings (SSSR count). The molecular weight excluding hydrogens is 542 g/mol. The number of aliphatic hydroxyl groups is 1. The Kier molecular flexibility index (Phi) is 36.4. The van der Waals surface area contributed by atoms with Gasteiger partial charge in [0.05, 0.1) is 105 Å². The lowest BCUT2D eigenvalue weighted by molar-refractivity contribution is -0.0440. The van der Waals surface area contributed by atoms with Gasteiger partial charge in [-0.15, -0.1) is 0 Å². The van der Waals surface area contributed by atoms with E-state index in [1.807, 2.05) is 0 Å². The van der Waals surface area contributed by atoms with E-state index in [2.05, 4.69) is 25.9 Å². The average molecular weight is 610 g/mol. The number of nitrogens with zero attached hydrogens (tertiary/aromatic N) is 1. The highest BCUT2D eigenvalue weighted by atomic mass is 16.6. The van der Waals surface area contributed by atoms with Crippen molar-refractivity contribution in [3.8, 4) is 0 Å². The number of hydrogen-bond donors (Lipinski definition) is 1. The maximum Gasteiger partial charge on any atom is 0.0820 e. The maximum atomic E-state index is 8.59. The van der Waals surface area contributed by atoms with E-state index in [0.717, 1.165) is 26.0 Å². The zero-order chi connectivity index (χ0) is 30.6. The smallest absolute Gasteiger partial charge is 0.0820 e. The van der Waals surface area contributed by atoms with Crippen LogP contribution < -0.4 is 0 Å². The molecule has 0 saturated heterocycles. The van der Waals surface area contributed by atoms with E-state index in [0.29, 0.717) is 92.5 Å². The third-order valence-corrected chi connectivity index (χ3v) is 6.52. The van der Waals surface area contributed by atoms with Crippen molar-refractivity contribution in [3.63, 3.8) is 0 Å². The van der Waals surface area contributed by atoms with Crippen molar-refractivity contribution in [2.45, 2.75) is 83.7 Å². The van der Waals surface area contributed by atoms with Gasteiger partial charge in [-0.05, 0) is 26.9 Å². The van der Waals surface area contributed by atoms with E-state index in [4.69, 9.17) is 43.0 Å². The van der Waals surface area contributed by atoms with Gasteiger partial charge >= 0.3 is 0 Å². The Labute approximate surface area is 258 Å². The van der Waals surface area contributed by atoms with Gasteiger partial charge in [-0.3, -0.25) is 0 Å². The molecule has 0 bridgehead atoms. The molecule has 1 atom stereocenters. The van der Waals surface area contributed by atoms with Gasteiger partial charge in [0.15, 0.2) is 0 Å². The summed E-state index contributed by atoms with van der Waals surface area (Å²) in [5, 5.41) is 8.59. The monoisotopic (exact) mass is 609 g/mol. The summed E-state index contributed by atoms with van der Waals surface area (Å²) in [7, 11) is 4.19. The Morgan fingerprint density at radius 2 is 0.857 bits per heavy atom. The van der Waals surface area contributed by atoms with Gasteiger partial charge in [0.1, 0.15) is 0 Å². The van der Waals surface area contributed by atoms with Gasteiger partial charge in [-0.1, -0.05) is 64.7 Å². The Morgan fingerprint density at radius 1 is 0.476 bits per heavy atom. The highest BCUT2D eigenvalue weighted by Crippen LogP contribution is 2.11. The molecular formula is C32H67NO9. The van der Waals surface area contributed by atoms with E-state index < -0.39 is 0 Å². The number of aliphatic hydroxyl groups excluding tert-OH is 1. The first kappa shape index (κ1) is 41.6. The molecule has 0 aliphatic heterocycles. The molecule has 0 radical (unpaired) electrons. The highest BCUT2D eigenvalue weighted by Gasteiger charge is 2.10. The molecule has 1 N–H and O–H groups in total. The zero-order valence-electron chi connectivity index (χ0n) is 27.5. The minimum Gasteiger partial charge on any atom is -0.394 e. The van der Waals surface area contributed by atoms with Gasteiger partial charge in [-0.25, -0.2) is 0 Å². The minimum atomic E-state index is 0.0334. The van der Waals surface area contributed by atoms with Crippen LogP contribution in [0.3, 0.4) is 0 Å². The maximum absolute atomic E-state index is 8.59. The van der Waals surface area contributed by atoms with E-state index in [-0.39, 0.29) is 12.7 Å². The predicted molar refractivity (Wildman–Crippen MR) is 168 cm³/mol. The van der Waals surface area contributed by atoms with Crippen molar-refractivity contribution >= 4 is 0 Å². The summed E-state index contributed by atoms with van der Waals surface area (Å²) >= 11 is 0. The second kappa shape index (κ2) is 36.8. The molecule has 0 fully saturated rings. The standard InChI is InChI=1S/C32H67NO9/c1-4-5-6-7-8-9-10-11-12-13-17-42-32(14-15-33(2)3)31-41-30-29-40-28-27-39-26-25-38-24-23-37-22-21-36-20-19-35-18-16-34/h32,34H,4-31H2,1-3H3. The van der Waals surface area contributed by atoms with Crippen LogP contribution in [0.1, 0.15) is 77.6 Å². The van der Waals surface area contributed by atoms with Crippen LogP contribution in [0, 0.1) is 0 Å². The summed E-state index contributed by atoms with van der Waals surface area (Å²) in [6.07, 6.45) is 14.5.